The summed E-state index contributed by atoms with van der Waals surface area (Å²) in [6.07, 6.45) is -5.75. The van der Waals surface area contributed by atoms with Crippen molar-refractivity contribution in [2.24, 2.45) is 0 Å². The zero-order valence-corrected chi connectivity index (χ0v) is 25.0. The summed E-state index contributed by atoms with van der Waals surface area (Å²) in [5.74, 6) is 2.03. The average molecular weight is 657 g/mol. The van der Waals surface area contributed by atoms with Crippen LogP contribution in [0.3, 0.4) is 0 Å². The maximum absolute atomic E-state index is 13.1. The Morgan fingerprint density at radius 1 is 1.09 bits per heavy atom. The molecule has 0 amide bonds. The number of fused-ring (bicyclic) bond motifs is 1. The number of rotatable bonds is 10. The van der Waals surface area contributed by atoms with Gasteiger partial charge in [0.2, 0.25) is 6.23 Å². The van der Waals surface area contributed by atoms with Crippen molar-refractivity contribution in [2.75, 3.05) is 19.5 Å². The Kier molecular flexibility index (Phi) is 8.92. The largest absolute Gasteiger partial charge is 0.496 e. The summed E-state index contributed by atoms with van der Waals surface area (Å²) < 4.78 is 43.8. The van der Waals surface area contributed by atoms with Crippen LogP contribution in [-0.4, -0.2) is 66.9 Å². The first-order chi connectivity index (χ1) is 20.3. The lowest BCUT2D eigenvalue weighted by molar-refractivity contribution is -0.741. The minimum absolute atomic E-state index is 0.0858. The molecule has 0 radical (unpaired) electrons. The molecule has 1 aliphatic rings. The number of nitrogens with two attached hydrogens (primary N) is 1. The topological polar surface area (TPSA) is 248 Å². The molecule has 6 atom stereocenters. The van der Waals surface area contributed by atoms with Crippen LogP contribution in [0.2, 0.25) is 0 Å². The Labute approximate surface area is 244 Å². The molecule has 2 aromatic heterocycles. The smallest absolute Gasteiger partial charge is 0.481 e. The van der Waals surface area contributed by atoms with E-state index in [1.165, 1.54) is 11.7 Å². The lowest BCUT2D eigenvalue weighted by atomic mass is 10.0. The quantitative estimate of drug-likeness (QED) is 0.0940. The molecule has 0 bridgehead atoms. The van der Waals surface area contributed by atoms with Crippen LogP contribution in [0, 0.1) is 0 Å². The summed E-state index contributed by atoms with van der Waals surface area (Å²) >= 11 is 0. The number of hydrogen-bond acceptors (Lipinski definition) is 11. The molecule has 3 heterocycles. The van der Waals surface area contributed by atoms with Crippen LogP contribution in [-0.2, 0) is 28.9 Å². The van der Waals surface area contributed by atoms with Crippen molar-refractivity contribution < 1.29 is 56.9 Å². The number of nitrogens with one attached hydrogen (secondary N) is 1. The third-order valence-corrected chi connectivity index (χ3v) is 11.0. The number of anilines is 1. The summed E-state index contributed by atoms with van der Waals surface area (Å²) in [7, 11) is -10.5. The van der Waals surface area contributed by atoms with Gasteiger partial charge in [0.25, 0.3) is 5.56 Å². The number of phosphoric ester groups is 1. The van der Waals surface area contributed by atoms with Crippen molar-refractivity contribution in [1.82, 2.24) is 9.97 Å². The molecule has 4 aromatic rings. The van der Waals surface area contributed by atoms with Crippen LogP contribution >= 0.6 is 23.2 Å². The minimum atomic E-state index is -5.38. The predicted molar refractivity (Wildman–Crippen MR) is 152 cm³/mol. The maximum atomic E-state index is 13.1. The van der Waals surface area contributed by atoms with E-state index in [1.807, 2.05) is 48.5 Å². The van der Waals surface area contributed by atoms with Crippen molar-refractivity contribution in [3.8, 4) is 16.9 Å². The molecular formula is C24H28N4O12P3+. The number of phosphoric acid groups is 2. The number of aromatic nitrogens is 3. The van der Waals surface area contributed by atoms with Crippen LogP contribution < -0.4 is 20.6 Å². The highest BCUT2D eigenvalue weighted by Crippen LogP contribution is 2.57. The highest BCUT2D eigenvalue weighted by molar-refractivity contribution is 7.60. The highest BCUT2D eigenvalue weighted by atomic mass is 31.3. The first-order valence-corrected chi connectivity index (χ1v) is 17.2. The fourth-order valence-corrected chi connectivity index (χ4v) is 8.63. The molecule has 5 rings (SSSR count). The van der Waals surface area contributed by atoms with Gasteiger partial charge < -0.3 is 40.1 Å². The van der Waals surface area contributed by atoms with Gasteiger partial charge in [0.1, 0.15) is 30.0 Å². The van der Waals surface area contributed by atoms with E-state index >= 15 is 0 Å². The monoisotopic (exact) mass is 657 g/mol. The van der Waals surface area contributed by atoms with Gasteiger partial charge in [0.05, 0.1) is 13.7 Å². The molecule has 16 nitrogen and oxygen atoms in total. The number of H-pyrrole nitrogens is 1. The van der Waals surface area contributed by atoms with Gasteiger partial charge in [-0.25, -0.2) is 9.13 Å². The Balaban J connectivity index is 1.47. The summed E-state index contributed by atoms with van der Waals surface area (Å²) in [4.78, 5) is 46.9. The van der Waals surface area contributed by atoms with Crippen LogP contribution in [0.15, 0.2) is 59.3 Å². The van der Waals surface area contributed by atoms with Gasteiger partial charge in [0, 0.05) is 11.7 Å². The summed E-state index contributed by atoms with van der Waals surface area (Å²) in [6.45, 7) is -0.881. The number of methoxy groups -OCH3 is 1. The Morgan fingerprint density at radius 3 is 2.49 bits per heavy atom. The SMILES string of the molecule is COc1cc(-c2ccccc2)ccc1Cp1c[n+]([C@@H]2O[C@H](COP(=O)(O)OP(=O)(O)O)[C@@H](O)[C@H]2O)c2nc(N)[nH]c(=O)c21. The summed E-state index contributed by atoms with van der Waals surface area (Å²) in [5.41, 5.74) is 8.11. The molecule has 0 spiro atoms. The van der Waals surface area contributed by atoms with Crippen molar-refractivity contribution in [3.05, 3.63) is 70.4 Å². The molecule has 19 heteroatoms. The second-order valence-corrected chi connectivity index (χ2v) is 14.3. The number of ether oxygens (including phenoxy) is 2. The molecular weight excluding hydrogens is 629 g/mol. The van der Waals surface area contributed by atoms with Crippen LogP contribution in [0.1, 0.15) is 11.8 Å². The third kappa shape index (κ3) is 6.91. The van der Waals surface area contributed by atoms with Gasteiger partial charge in [-0.15, -0.1) is 0 Å². The maximum Gasteiger partial charge on any atom is 0.481 e. The summed E-state index contributed by atoms with van der Waals surface area (Å²) in [5, 5.41) is 21.7. The van der Waals surface area contributed by atoms with Gasteiger partial charge in [-0.05, 0) is 22.2 Å². The highest BCUT2D eigenvalue weighted by Gasteiger charge is 2.49. The van der Waals surface area contributed by atoms with Gasteiger partial charge in [-0.3, -0.25) is 14.3 Å². The van der Waals surface area contributed by atoms with E-state index in [4.69, 9.17) is 25.0 Å². The molecule has 1 saturated heterocycles. The average Bonchev–Trinajstić information content (AvgIpc) is 3.43. The molecule has 2 aromatic carbocycles. The predicted octanol–water partition coefficient (Wildman–Crippen LogP) is 1.35. The van der Waals surface area contributed by atoms with Crippen LogP contribution in [0.25, 0.3) is 21.9 Å². The lowest BCUT2D eigenvalue weighted by Crippen LogP contribution is -2.45. The zero-order chi connectivity index (χ0) is 31.1. The lowest BCUT2D eigenvalue weighted by Gasteiger charge is -2.17. The van der Waals surface area contributed by atoms with Gasteiger partial charge in [-0.1, -0.05) is 50.0 Å². The second-order valence-electron chi connectivity index (χ2n) is 9.55. The molecule has 43 heavy (non-hydrogen) atoms. The number of nitrogen functional groups attached to an aromatic ring is 1. The number of hydrogen-bond donors (Lipinski definition) is 7. The Morgan fingerprint density at radius 2 is 1.81 bits per heavy atom. The van der Waals surface area contributed by atoms with E-state index < -0.39 is 59.9 Å². The van der Waals surface area contributed by atoms with Crippen molar-refractivity contribution in [1.29, 1.82) is 0 Å². The molecule has 0 aliphatic carbocycles. The normalized spacial score (nSPS) is 22.5. The number of benzene rings is 2. The second kappa shape index (κ2) is 12.2. The van der Waals surface area contributed by atoms with Crippen molar-refractivity contribution >= 4 is 39.9 Å². The van der Waals surface area contributed by atoms with Gasteiger partial charge >= 0.3 is 27.2 Å². The van der Waals surface area contributed by atoms with E-state index in [2.05, 4.69) is 18.8 Å². The zero-order valence-electron chi connectivity index (χ0n) is 22.3. The Bertz CT molecular complexity index is 1790. The van der Waals surface area contributed by atoms with Crippen molar-refractivity contribution in [2.45, 2.75) is 30.7 Å². The van der Waals surface area contributed by atoms with Gasteiger partial charge in [-0.2, -0.15) is 8.88 Å². The fraction of sp³-hybridized carbons (Fsp3) is 0.292. The van der Waals surface area contributed by atoms with E-state index in [1.54, 1.807) is 5.93 Å². The number of nitrogens with zero attached hydrogens (tertiary/aromatic N) is 2. The summed E-state index contributed by atoms with van der Waals surface area (Å²) in [6, 6.07) is 15.4. The number of aliphatic hydroxyl groups is 2. The van der Waals surface area contributed by atoms with Crippen LogP contribution in [0.5, 0.6) is 5.75 Å². The molecule has 1 fully saturated rings. The third-order valence-electron chi connectivity index (χ3n) is 6.65. The molecule has 8 N–H and O–H groups in total. The standard InChI is InChI=1S/C24H27N4O12P3/c1-37-16-9-14(13-5-3-2-4-6-13)7-8-15(16)11-41-12-28(21-20(41)22(31)27-24(25)26-21)23-19(30)18(29)17(39-23)10-38-43(35,36)40-42(32,33)34/h2-9,12,17-19,23,29-30H,10-11H2,1H3,(H5-,25,26,27,31,32,33,34,35,36)/p+1/t17-,18-,19-,23-,41?/m1/s1. The van der Waals surface area contributed by atoms with E-state index in [-0.39, 0.29) is 16.7 Å². The molecule has 2 unspecified atom stereocenters. The molecule has 230 valence electrons. The van der Waals surface area contributed by atoms with E-state index in [0.717, 1.165) is 16.7 Å². The Hall–Kier alpha value is -2.97. The van der Waals surface area contributed by atoms with E-state index in [9.17, 15) is 29.0 Å². The number of aliphatic hydroxyl groups excluding tert-OH is 2. The first-order valence-electron chi connectivity index (χ1n) is 12.5. The van der Waals surface area contributed by atoms with Gasteiger partial charge in [0.15, 0.2) is 5.12 Å². The number of aromatic amines is 1. The first kappa shape index (κ1) is 31.5. The van der Waals surface area contributed by atoms with Crippen molar-refractivity contribution in [3.63, 3.8) is 0 Å². The van der Waals surface area contributed by atoms with Crippen LogP contribution in [0.4, 0.5) is 5.95 Å². The molecule has 1 aliphatic heterocycles. The minimum Gasteiger partial charge on any atom is -0.496 e. The van der Waals surface area contributed by atoms with E-state index in [0.29, 0.717) is 11.9 Å². The fourth-order valence-electron chi connectivity index (χ4n) is 4.77. The molecule has 0 saturated carbocycles.